The van der Waals surface area contributed by atoms with Gasteiger partial charge in [-0.05, 0) is 57.8 Å². The molecule has 2 aromatic heterocycles. The average molecular weight is 536 g/mol. The normalized spacial score (nSPS) is 11.1. The monoisotopic (exact) mass is 535 g/mol. The van der Waals surface area contributed by atoms with E-state index in [1.54, 1.807) is 36.4 Å². The van der Waals surface area contributed by atoms with Gasteiger partial charge in [-0.3, -0.25) is 0 Å². The van der Waals surface area contributed by atoms with Crippen molar-refractivity contribution in [2.45, 2.75) is 0 Å². The topological polar surface area (TPSA) is 99.4 Å². The van der Waals surface area contributed by atoms with Crippen molar-refractivity contribution in [3.05, 3.63) is 114 Å². The number of rotatable bonds is 3. The summed E-state index contributed by atoms with van der Waals surface area (Å²) in [6.07, 6.45) is 0. The summed E-state index contributed by atoms with van der Waals surface area (Å²) in [5, 5.41) is 29.0. The van der Waals surface area contributed by atoms with E-state index >= 15 is 0 Å². The first-order valence-electron chi connectivity index (χ1n) is 12.5. The third-order valence-electron chi connectivity index (χ3n) is 7.13. The Labute approximate surface area is 231 Å². The molecule has 192 valence electrons. The van der Waals surface area contributed by atoms with Crippen LogP contribution in [0.1, 0.15) is 11.1 Å². The molecule has 0 aliphatic rings. The number of hydrogen-bond donors (Lipinski definition) is 0. The minimum absolute atomic E-state index is 0.0981. The standard InChI is InChI=1S/C33H15F2N5O/c34-26-12-19(17-37)13-27(35)29(26)22-10-11-23-28(14-22)38-31(21-4-2-1-3-5-21)25-15-24(20-8-6-18(16-36)7-9-20)32-33(30(23)25)40-41-39-32/h1-15H. The quantitative estimate of drug-likeness (QED) is 0.213. The molecular weight excluding hydrogens is 520 g/mol. The van der Waals surface area contributed by atoms with Crippen molar-refractivity contribution in [1.29, 1.82) is 10.5 Å². The molecular formula is C33H15F2N5O. The van der Waals surface area contributed by atoms with Gasteiger partial charge in [0.25, 0.3) is 0 Å². The van der Waals surface area contributed by atoms with Crippen molar-refractivity contribution in [2.75, 3.05) is 0 Å². The Bertz CT molecular complexity index is 2220. The zero-order valence-electron chi connectivity index (χ0n) is 21.1. The van der Waals surface area contributed by atoms with Gasteiger partial charge in [0.15, 0.2) is 0 Å². The Morgan fingerprint density at radius 3 is 2.02 bits per heavy atom. The highest BCUT2D eigenvalue weighted by molar-refractivity contribution is 6.23. The second-order valence-electron chi connectivity index (χ2n) is 9.48. The van der Waals surface area contributed by atoms with Gasteiger partial charge in [0.05, 0.1) is 40.0 Å². The number of pyridine rings is 1. The summed E-state index contributed by atoms with van der Waals surface area (Å²) < 4.78 is 35.1. The van der Waals surface area contributed by atoms with E-state index in [9.17, 15) is 14.0 Å². The summed E-state index contributed by atoms with van der Waals surface area (Å²) in [7, 11) is 0. The number of hydrogen-bond acceptors (Lipinski definition) is 6. The van der Waals surface area contributed by atoms with E-state index in [4.69, 9.17) is 14.9 Å². The van der Waals surface area contributed by atoms with Gasteiger partial charge in [-0.25, -0.2) is 18.4 Å². The van der Waals surface area contributed by atoms with E-state index in [1.165, 1.54) is 0 Å². The second-order valence-corrected chi connectivity index (χ2v) is 9.48. The van der Waals surface area contributed by atoms with Crippen molar-refractivity contribution < 1.29 is 13.4 Å². The van der Waals surface area contributed by atoms with Crippen LogP contribution < -0.4 is 0 Å². The van der Waals surface area contributed by atoms with E-state index in [0.717, 1.165) is 39.6 Å². The van der Waals surface area contributed by atoms with E-state index in [1.807, 2.05) is 48.5 Å². The van der Waals surface area contributed by atoms with Gasteiger partial charge in [0.2, 0.25) is 0 Å². The molecule has 0 saturated carbocycles. The van der Waals surface area contributed by atoms with E-state index in [2.05, 4.69) is 16.4 Å². The molecule has 0 fully saturated rings. The maximum atomic E-state index is 14.9. The SMILES string of the molecule is N#Cc1ccc(-c2cc3c(-c4ccccc4)nc4cc(-c5c(F)cc(C#N)cc5F)ccc4c3c3nonc23)cc1. The lowest BCUT2D eigenvalue weighted by atomic mass is 9.92. The molecule has 7 rings (SSSR count). The molecule has 0 unspecified atom stereocenters. The fraction of sp³-hybridized carbons (Fsp3) is 0. The Balaban J connectivity index is 1.57. The van der Waals surface area contributed by atoms with Gasteiger partial charge < -0.3 is 0 Å². The molecule has 0 aliphatic heterocycles. The molecule has 0 saturated heterocycles. The molecule has 6 nitrogen and oxygen atoms in total. The smallest absolute Gasteiger partial charge is 0.144 e. The van der Waals surface area contributed by atoms with Gasteiger partial charge in [0.1, 0.15) is 22.7 Å². The molecule has 5 aromatic carbocycles. The van der Waals surface area contributed by atoms with Crippen LogP contribution in [0.5, 0.6) is 0 Å². The Kier molecular flexibility index (Phi) is 5.48. The Morgan fingerprint density at radius 2 is 1.32 bits per heavy atom. The first kappa shape index (κ1) is 24.1. The van der Waals surface area contributed by atoms with Crippen LogP contribution in [0.2, 0.25) is 0 Å². The van der Waals surface area contributed by atoms with E-state index in [0.29, 0.717) is 33.2 Å². The predicted octanol–water partition coefficient (Wildman–Crippen LogP) is 7.95. The van der Waals surface area contributed by atoms with E-state index < -0.39 is 11.6 Å². The lowest BCUT2D eigenvalue weighted by Crippen LogP contribution is -1.95. The number of halogens is 2. The Hall–Kier alpha value is -5.99. The highest BCUT2D eigenvalue weighted by Gasteiger charge is 2.21. The maximum Gasteiger partial charge on any atom is 0.144 e. The fourth-order valence-electron chi connectivity index (χ4n) is 5.25. The molecule has 2 heterocycles. The summed E-state index contributed by atoms with van der Waals surface area (Å²) in [6.45, 7) is 0. The van der Waals surface area contributed by atoms with Crippen LogP contribution in [0.3, 0.4) is 0 Å². The average Bonchev–Trinajstić information content (AvgIpc) is 3.50. The summed E-state index contributed by atoms with van der Waals surface area (Å²) >= 11 is 0. The summed E-state index contributed by atoms with van der Waals surface area (Å²) in [6, 6.07) is 29.7. The van der Waals surface area contributed by atoms with Crippen LogP contribution in [0, 0.1) is 34.3 Å². The summed E-state index contributed by atoms with van der Waals surface area (Å²) in [5.41, 5.74) is 5.08. The third kappa shape index (κ3) is 3.86. The highest BCUT2D eigenvalue weighted by atomic mass is 19.1. The lowest BCUT2D eigenvalue weighted by Gasteiger charge is -2.14. The molecule has 0 radical (unpaired) electrons. The van der Waals surface area contributed by atoms with Gasteiger partial charge >= 0.3 is 0 Å². The number of nitrogens with zero attached hydrogens (tertiary/aromatic N) is 5. The highest BCUT2D eigenvalue weighted by Crippen LogP contribution is 2.41. The molecule has 41 heavy (non-hydrogen) atoms. The first-order valence-corrected chi connectivity index (χ1v) is 12.5. The molecule has 7 aromatic rings. The number of aromatic nitrogens is 3. The predicted molar refractivity (Wildman–Crippen MR) is 150 cm³/mol. The van der Waals surface area contributed by atoms with Crippen LogP contribution in [0.4, 0.5) is 8.78 Å². The molecule has 0 amide bonds. The Morgan fingerprint density at radius 1 is 0.634 bits per heavy atom. The van der Waals surface area contributed by atoms with Crippen LogP contribution >= 0.6 is 0 Å². The first-order chi connectivity index (χ1) is 20.1. The van der Waals surface area contributed by atoms with E-state index in [-0.39, 0.29) is 16.7 Å². The third-order valence-corrected chi connectivity index (χ3v) is 7.13. The van der Waals surface area contributed by atoms with Gasteiger partial charge in [0, 0.05) is 27.3 Å². The van der Waals surface area contributed by atoms with Gasteiger partial charge in [-0.15, -0.1) is 0 Å². The van der Waals surface area contributed by atoms with Crippen molar-refractivity contribution in [2.24, 2.45) is 0 Å². The molecule has 0 atom stereocenters. The number of nitriles is 2. The lowest BCUT2D eigenvalue weighted by molar-refractivity contribution is 0.316. The molecule has 0 bridgehead atoms. The summed E-state index contributed by atoms with van der Waals surface area (Å²) in [5.74, 6) is -1.67. The zero-order chi connectivity index (χ0) is 28.1. The van der Waals surface area contributed by atoms with Crippen LogP contribution in [0.15, 0.2) is 95.6 Å². The zero-order valence-corrected chi connectivity index (χ0v) is 21.1. The minimum Gasteiger partial charge on any atom is -0.247 e. The van der Waals surface area contributed by atoms with Crippen molar-refractivity contribution >= 4 is 32.7 Å². The van der Waals surface area contributed by atoms with Crippen molar-refractivity contribution in [3.63, 3.8) is 0 Å². The van der Waals surface area contributed by atoms with Crippen LogP contribution in [-0.2, 0) is 0 Å². The molecule has 0 spiro atoms. The minimum atomic E-state index is -0.833. The number of fused-ring (bicyclic) bond motifs is 5. The van der Waals surface area contributed by atoms with Gasteiger partial charge in [-0.1, -0.05) is 54.6 Å². The van der Waals surface area contributed by atoms with Crippen molar-refractivity contribution in [1.82, 2.24) is 15.3 Å². The van der Waals surface area contributed by atoms with Crippen molar-refractivity contribution in [3.8, 4) is 45.6 Å². The largest absolute Gasteiger partial charge is 0.247 e. The second kappa shape index (κ2) is 9.33. The fourth-order valence-corrected chi connectivity index (χ4v) is 5.25. The number of benzene rings is 5. The molecule has 0 aliphatic carbocycles. The summed E-state index contributed by atoms with van der Waals surface area (Å²) in [4.78, 5) is 4.99. The molecule has 8 heteroatoms. The van der Waals surface area contributed by atoms with Crippen LogP contribution in [0.25, 0.3) is 66.2 Å². The van der Waals surface area contributed by atoms with Gasteiger partial charge in [-0.2, -0.15) is 10.5 Å². The maximum absolute atomic E-state index is 14.9. The molecule has 0 N–H and O–H groups in total. The van der Waals surface area contributed by atoms with Crippen LogP contribution in [-0.4, -0.2) is 15.3 Å².